The van der Waals surface area contributed by atoms with Crippen molar-refractivity contribution in [2.45, 2.75) is 39.7 Å². The summed E-state index contributed by atoms with van der Waals surface area (Å²) >= 11 is 0. The maximum atomic E-state index is 12.6. The number of carbonyl (C=O) groups excluding carboxylic acids is 1. The molecular formula is C18H21N5O. The lowest BCUT2D eigenvalue weighted by Gasteiger charge is -2.15. The summed E-state index contributed by atoms with van der Waals surface area (Å²) in [5.41, 5.74) is 3.55. The van der Waals surface area contributed by atoms with Gasteiger partial charge in [-0.1, -0.05) is 37.6 Å². The van der Waals surface area contributed by atoms with Gasteiger partial charge in [0.25, 0.3) is 11.7 Å². The van der Waals surface area contributed by atoms with Crippen LogP contribution in [0.3, 0.4) is 0 Å². The molecule has 2 aromatic heterocycles. The normalized spacial score (nSPS) is 12.3. The molecule has 1 amide bonds. The fourth-order valence-electron chi connectivity index (χ4n) is 2.71. The number of carbonyl (C=O) groups is 1. The van der Waals surface area contributed by atoms with E-state index in [1.54, 1.807) is 6.07 Å². The average Bonchev–Trinajstić information content (AvgIpc) is 3.03. The zero-order valence-corrected chi connectivity index (χ0v) is 14.2. The van der Waals surface area contributed by atoms with E-state index >= 15 is 0 Å². The Balaban J connectivity index is 1.79. The van der Waals surface area contributed by atoms with Crippen LogP contribution in [0, 0.1) is 6.92 Å². The van der Waals surface area contributed by atoms with E-state index in [4.69, 9.17) is 0 Å². The van der Waals surface area contributed by atoms with Crippen molar-refractivity contribution in [3.63, 3.8) is 0 Å². The van der Waals surface area contributed by atoms with Crippen LogP contribution in [-0.2, 0) is 6.42 Å². The Morgan fingerprint density at radius 1 is 1.29 bits per heavy atom. The minimum Gasteiger partial charge on any atom is -0.344 e. The third-order valence-electron chi connectivity index (χ3n) is 3.98. The Labute approximate surface area is 141 Å². The first kappa shape index (κ1) is 16.1. The summed E-state index contributed by atoms with van der Waals surface area (Å²) in [6, 6.07) is 9.99. The zero-order chi connectivity index (χ0) is 17.1. The summed E-state index contributed by atoms with van der Waals surface area (Å²) in [6.45, 7) is 5.97. The topological polar surface area (TPSA) is 72.2 Å². The van der Waals surface area contributed by atoms with Crippen LogP contribution in [0.1, 0.15) is 53.6 Å². The van der Waals surface area contributed by atoms with E-state index in [0.29, 0.717) is 11.5 Å². The van der Waals surface area contributed by atoms with Gasteiger partial charge in [-0.25, -0.2) is 4.98 Å². The highest BCUT2D eigenvalue weighted by Crippen LogP contribution is 2.15. The second-order valence-electron chi connectivity index (χ2n) is 5.94. The fourth-order valence-corrected chi connectivity index (χ4v) is 2.71. The van der Waals surface area contributed by atoms with Gasteiger partial charge in [0, 0.05) is 5.69 Å². The summed E-state index contributed by atoms with van der Waals surface area (Å²) in [5.74, 6) is 0.234. The van der Waals surface area contributed by atoms with Crippen LogP contribution in [0.5, 0.6) is 0 Å². The number of amides is 1. The Hall–Kier alpha value is -2.76. The first-order valence-electron chi connectivity index (χ1n) is 8.15. The number of aromatic nitrogens is 4. The van der Waals surface area contributed by atoms with E-state index in [0.717, 1.165) is 24.1 Å². The molecule has 2 heterocycles. The maximum absolute atomic E-state index is 12.6. The van der Waals surface area contributed by atoms with Crippen LogP contribution in [0.15, 0.2) is 36.7 Å². The number of hydrogen-bond donors (Lipinski definition) is 1. The number of fused-ring (bicyclic) bond motifs is 1. The molecule has 0 aliphatic heterocycles. The number of hydrogen-bond acceptors (Lipinski definition) is 4. The van der Waals surface area contributed by atoms with Crippen LogP contribution in [0.2, 0.25) is 0 Å². The molecule has 0 spiro atoms. The van der Waals surface area contributed by atoms with E-state index in [2.05, 4.69) is 51.6 Å². The molecule has 1 atom stereocenters. The Morgan fingerprint density at radius 2 is 2.04 bits per heavy atom. The second-order valence-corrected chi connectivity index (χ2v) is 5.94. The van der Waals surface area contributed by atoms with Crippen LogP contribution in [-0.4, -0.2) is 25.5 Å². The second kappa shape index (κ2) is 6.78. The molecule has 1 aromatic carbocycles. The molecule has 124 valence electrons. The van der Waals surface area contributed by atoms with Gasteiger partial charge in [-0.05, 0) is 37.5 Å². The van der Waals surface area contributed by atoms with Crippen molar-refractivity contribution < 1.29 is 4.79 Å². The van der Waals surface area contributed by atoms with Crippen LogP contribution >= 0.6 is 0 Å². The third kappa shape index (κ3) is 3.27. The van der Waals surface area contributed by atoms with Gasteiger partial charge in [0.05, 0.1) is 6.04 Å². The van der Waals surface area contributed by atoms with E-state index in [1.807, 2.05) is 13.8 Å². The molecule has 0 fully saturated rings. The first-order chi connectivity index (χ1) is 11.6. The molecule has 24 heavy (non-hydrogen) atoms. The largest absolute Gasteiger partial charge is 0.344 e. The molecule has 6 nitrogen and oxygen atoms in total. The average molecular weight is 323 g/mol. The highest BCUT2D eigenvalue weighted by Gasteiger charge is 2.16. The highest BCUT2D eigenvalue weighted by atomic mass is 16.2. The lowest BCUT2D eigenvalue weighted by molar-refractivity contribution is 0.0932. The van der Waals surface area contributed by atoms with Gasteiger partial charge in [-0.3, -0.25) is 4.79 Å². The van der Waals surface area contributed by atoms with Crippen molar-refractivity contribution in [2.75, 3.05) is 0 Å². The van der Waals surface area contributed by atoms with E-state index in [-0.39, 0.29) is 11.9 Å². The predicted octanol–water partition coefficient (Wildman–Crippen LogP) is 2.88. The minimum absolute atomic E-state index is 0.0970. The van der Waals surface area contributed by atoms with Gasteiger partial charge in [0.2, 0.25) is 0 Å². The SMILES string of the molecule is CCCc1ccc([C@@H](C)NC(=O)c2cc(C)nc3ncnn23)cc1. The van der Waals surface area contributed by atoms with E-state index < -0.39 is 0 Å². The summed E-state index contributed by atoms with van der Waals surface area (Å²) < 4.78 is 1.46. The molecule has 0 bridgehead atoms. The number of nitrogens with one attached hydrogen (secondary N) is 1. The third-order valence-corrected chi connectivity index (χ3v) is 3.98. The van der Waals surface area contributed by atoms with Gasteiger partial charge in [-0.2, -0.15) is 14.6 Å². The minimum atomic E-state index is -0.193. The van der Waals surface area contributed by atoms with E-state index in [1.165, 1.54) is 16.4 Å². The van der Waals surface area contributed by atoms with Crippen LogP contribution in [0.25, 0.3) is 5.78 Å². The molecule has 0 saturated heterocycles. The molecule has 3 aromatic rings. The molecule has 0 aliphatic rings. The van der Waals surface area contributed by atoms with Crippen molar-refractivity contribution in [3.8, 4) is 0 Å². The van der Waals surface area contributed by atoms with Gasteiger partial charge in [0.15, 0.2) is 0 Å². The monoisotopic (exact) mass is 323 g/mol. The number of nitrogens with zero attached hydrogens (tertiary/aromatic N) is 4. The van der Waals surface area contributed by atoms with E-state index in [9.17, 15) is 4.79 Å². The van der Waals surface area contributed by atoms with Gasteiger partial charge >= 0.3 is 0 Å². The molecule has 0 aliphatic carbocycles. The molecular weight excluding hydrogens is 302 g/mol. The molecule has 1 N–H and O–H groups in total. The quantitative estimate of drug-likeness (QED) is 0.783. The summed E-state index contributed by atoms with van der Waals surface area (Å²) in [6.07, 6.45) is 3.59. The molecule has 0 unspecified atom stereocenters. The van der Waals surface area contributed by atoms with Gasteiger partial charge in [-0.15, -0.1) is 0 Å². The maximum Gasteiger partial charge on any atom is 0.270 e. The Kier molecular flexibility index (Phi) is 4.55. The molecule has 0 radical (unpaired) electrons. The smallest absolute Gasteiger partial charge is 0.270 e. The first-order valence-corrected chi connectivity index (χ1v) is 8.15. The number of aryl methyl sites for hydroxylation is 2. The molecule has 3 rings (SSSR count). The van der Waals surface area contributed by atoms with Crippen molar-refractivity contribution in [1.29, 1.82) is 0 Å². The number of benzene rings is 1. The van der Waals surface area contributed by atoms with Gasteiger partial charge < -0.3 is 5.32 Å². The van der Waals surface area contributed by atoms with Gasteiger partial charge in [0.1, 0.15) is 12.0 Å². The summed E-state index contributed by atoms with van der Waals surface area (Å²) in [5, 5.41) is 7.09. The number of rotatable bonds is 5. The molecule has 6 heteroatoms. The standard InChI is InChI=1S/C18H21N5O/c1-4-5-14-6-8-15(9-7-14)13(3)22-17(24)16-10-12(2)21-18-19-11-20-23(16)18/h6-11,13H,4-5H2,1-3H3,(H,22,24)/t13-/m1/s1. The molecule has 0 saturated carbocycles. The lowest BCUT2D eigenvalue weighted by atomic mass is 10.0. The van der Waals surface area contributed by atoms with Crippen LogP contribution < -0.4 is 5.32 Å². The summed E-state index contributed by atoms with van der Waals surface area (Å²) in [7, 11) is 0. The zero-order valence-electron chi connectivity index (χ0n) is 14.2. The van der Waals surface area contributed by atoms with Crippen LogP contribution in [0.4, 0.5) is 0 Å². The Morgan fingerprint density at radius 3 is 2.75 bits per heavy atom. The van der Waals surface area contributed by atoms with Crippen molar-refractivity contribution >= 4 is 11.7 Å². The predicted molar refractivity (Wildman–Crippen MR) is 91.8 cm³/mol. The fraction of sp³-hybridized carbons (Fsp3) is 0.333. The van der Waals surface area contributed by atoms with Crippen molar-refractivity contribution in [3.05, 3.63) is 59.2 Å². The summed E-state index contributed by atoms with van der Waals surface area (Å²) in [4.78, 5) is 20.9. The Bertz CT molecular complexity index is 853. The highest BCUT2D eigenvalue weighted by molar-refractivity contribution is 5.93. The van der Waals surface area contributed by atoms with Crippen molar-refractivity contribution in [2.24, 2.45) is 0 Å². The lowest BCUT2D eigenvalue weighted by Crippen LogP contribution is -2.29. The van der Waals surface area contributed by atoms with Crippen molar-refractivity contribution in [1.82, 2.24) is 24.9 Å².